The largest absolute Gasteiger partial charge is 0.489 e. The Bertz CT molecular complexity index is 717. The van der Waals surface area contributed by atoms with Gasteiger partial charge >= 0.3 is 0 Å². The van der Waals surface area contributed by atoms with Crippen LogP contribution in [0, 0.1) is 28.5 Å². The van der Waals surface area contributed by atoms with Gasteiger partial charge in [0.15, 0.2) is 0 Å². The highest BCUT2D eigenvalue weighted by Gasteiger charge is 2.08. The number of rotatable bonds is 5. The zero-order valence-corrected chi connectivity index (χ0v) is 11.0. The molecule has 0 fully saturated rings. The molecule has 0 unspecified atom stereocenters. The van der Waals surface area contributed by atoms with Crippen molar-refractivity contribution in [3.8, 4) is 23.6 Å². The molecule has 21 heavy (non-hydrogen) atoms. The van der Waals surface area contributed by atoms with Gasteiger partial charge < -0.3 is 9.47 Å². The molecule has 0 N–H and O–H groups in total. The van der Waals surface area contributed by atoms with E-state index in [4.69, 9.17) is 20.0 Å². The van der Waals surface area contributed by atoms with Gasteiger partial charge in [0.2, 0.25) is 0 Å². The minimum atomic E-state index is -0.620. The molecule has 0 aromatic heterocycles. The fourth-order valence-corrected chi connectivity index (χ4v) is 1.72. The van der Waals surface area contributed by atoms with Crippen LogP contribution in [0.25, 0.3) is 0 Å². The Morgan fingerprint density at radius 2 is 1.52 bits per heavy atom. The van der Waals surface area contributed by atoms with Gasteiger partial charge in [0.1, 0.15) is 48.2 Å². The third-order valence-corrected chi connectivity index (χ3v) is 2.69. The van der Waals surface area contributed by atoms with Crippen LogP contribution in [0.5, 0.6) is 11.5 Å². The van der Waals surface area contributed by atoms with E-state index >= 15 is 0 Å². The molecule has 0 amide bonds. The quantitative estimate of drug-likeness (QED) is 0.791. The highest BCUT2D eigenvalue weighted by molar-refractivity contribution is 5.44. The summed E-state index contributed by atoms with van der Waals surface area (Å²) in [5.41, 5.74) is 0.302. The zero-order valence-electron chi connectivity index (χ0n) is 11.0. The van der Waals surface area contributed by atoms with Crippen LogP contribution in [0.15, 0.2) is 42.5 Å². The molecule has 0 atom stereocenters. The van der Waals surface area contributed by atoms with Crippen molar-refractivity contribution in [1.29, 1.82) is 10.5 Å². The summed E-state index contributed by atoms with van der Waals surface area (Å²) in [5.74, 6) is 0.0174. The lowest BCUT2D eigenvalue weighted by molar-refractivity contribution is 0.216. The first-order chi connectivity index (χ1) is 10.3. The van der Waals surface area contributed by atoms with Crippen LogP contribution in [0.1, 0.15) is 11.1 Å². The molecule has 0 aliphatic carbocycles. The van der Waals surface area contributed by atoms with E-state index in [1.165, 1.54) is 18.2 Å². The molecule has 0 aliphatic rings. The highest BCUT2D eigenvalue weighted by atomic mass is 19.1. The van der Waals surface area contributed by atoms with E-state index < -0.39 is 5.82 Å². The summed E-state index contributed by atoms with van der Waals surface area (Å²) in [7, 11) is 0. The van der Waals surface area contributed by atoms with Gasteiger partial charge in [-0.05, 0) is 24.3 Å². The average Bonchev–Trinajstić information content (AvgIpc) is 2.52. The monoisotopic (exact) mass is 282 g/mol. The maximum Gasteiger partial charge on any atom is 0.144 e. The Hall–Kier alpha value is -3.05. The second kappa shape index (κ2) is 6.93. The Morgan fingerprint density at radius 3 is 2.24 bits per heavy atom. The first kappa shape index (κ1) is 14.4. The normalized spacial score (nSPS) is 9.48. The van der Waals surface area contributed by atoms with Crippen molar-refractivity contribution in [2.45, 2.75) is 0 Å². The third kappa shape index (κ3) is 3.49. The van der Waals surface area contributed by atoms with Crippen molar-refractivity contribution < 1.29 is 13.9 Å². The minimum absolute atomic E-state index is 0.130. The van der Waals surface area contributed by atoms with Crippen molar-refractivity contribution in [1.82, 2.24) is 0 Å². The molecule has 0 aliphatic heterocycles. The van der Waals surface area contributed by atoms with E-state index in [1.807, 2.05) is 6.07 Å². The highest BCUT2D eigenvalue weighted by Crippen LogP contribution is 2.20. The summed E-state index contributed by atoms with van der Waals surface area (Å²) in [4.78, 5) is 0. The lowest BCUT2D eigenvalue weighted by Gasteiger charge is -2.10. The fourth-order valence-electron chi connectivity index (χ4n) is 1.72. The standard InChI is InChI=1S/C16H11FN2O2/c17-14-5-3-7-16(13(14)11-19)21-9-8-20-15-6-2-1-4-12(15)10-18/h1-7H,8-9H2. The first-order valence-electron chi connectivity index (χ1n) is 6.19. The molecule has 2 rings (SSSR count). The number of para-hydroxylation sites is 1. The SMILES string of the molecule is N#Cc1ccccc1OCCOc1cccc(F)c1C#N. The molecular formula is C16H11FN2O2. The van der Waals surface area contributed by atoms with Crippen molar-refractivity contribution in [3.63, 3.8) is 0 Å². The topological polar surface area (TPSA) is 66.0 Å². The van der Waals surface area contributed by atoms with E-state index in [9.17, 15) is 4.39 Å². The smallest absolute Gasteiger partial charge is 0.144 e. The van der Waals surface area contributed by atoms with Gasteiger partial charge in [0, 0.05) is 0 Å². The summed E-state index contributed by atoms with van der Waals surface area (Å²) in [6, 6.07) is 14.8. The van der Waals surface area contributed by atoms with Gasteiger partial charge in [-0.25, -0.2) is 4.39 Å². The Morgan fingerprint density at radius 1 is 0.857 bits per heavy atom. The number of ether oxygens (including phenoxy) is 2. The molecular weight excluding hydrogens is 271 g/mol. The van der Waals surface area contributed by atoms with Crippen LogP contribution in [-0.2, 0) is 0 Å². The maximum absolute atomic E-state index is 13.4. The summed E-state index contributed by atoms with van der Waals surface area (Å²) >= 11 is 0. The number of nitrogens with zero attached hydrogens (tertiary/aromatic N) is 2. The van der Waals surface area contributed by atoms with Crippen LogP contribution in [0.4, 0.5) is 4.39 Å². The second-order valence-electron chi connectivity index (χ2n) is 4.03. The van der Waals surface area contributed by atoms with Crippen molar-refractivity contribution in [2.75, 3.05) is 13.2 Å². The van der Waals surface area contributed by atoms with Gasteiger partial charge in [0.25, 0.3) is 0 Å². The van der Waals surface area contributed by atoms with Gasteiger partial charge in [0.05, 0.1) is 5.56 Å². The van der Waals surface area contributed by atoms with Gasteiger partial charge in [-0.1, -0.05) is 18.2 Å². The molecule has 0 saturated heterocycles. The van der Waals surface area contributed by atoms with E-state index in [1.54, 1.807) is 30.3 Å². The van der Waals surface area contributed by atoms with Gasteiger partial charge in [-0.15, -0.1) is 0 Å². The van der Waals surface area contributed by atoms with Crippen LogP contribution in [0.2, 0.25) is 0 Å². The Kier molecular flexibility index (Phi) is 4.74. The lowest BCUT2D eigenvalue weighted by Crippen LogP contribution is -2.10. The Balaban J connectivity index is 1.93. The minimum Gasteiger partial charge on any atom is -0.489 e. The third-order valence-electron chi connectivity index (χ3n) is 2.69. The van der Waals surface area contributed by atoms with Crippen LogP contribution >= 0.6 is 0 Å². The number of hydrogen-bond acceptors (Lipinski definition) is 4. The summed E-state index contributed by atoms with van der Waals surface area (Å²) in [6.07, 6.45) is 0. The summed E-state index contributed by atoms with van der Waals surface area (Å²) in [6.45, 7) is 0.317. The molecule has 2 aromatic carbocycles. The molecule has 104 valence electrons. The van der Waals surface area contributed by atoms with Crippen molar-refractivity contribution in [3.05, 3.63) is 59.4 Å². The van der Waals surface area contributed by atoms with E-state index in [-0.39, 0.29) is 24.5 Å². The van der Waals surface area contributed by atoms with Gasteiger partial charge in [-0.3, -0.25) is 0 Å². The van der Waals surface area contributed by atoms with E-state index in [0.29, 0.717) is 11.3 Å². The molecule has 0 bridgehead atoms. The number of halogens is 1. The second-order valence-corrected chi connectivity index (χ2v) is 4.03. The van der Waals surface area contributed by atoms with Crippen LogP contribution < -0.4 is 9.47 Å². The molecule has 0 spiro atoms. The van der Waals surface area contributed by atoms with Crippen molar-refractivity contribution >= 4 is 0 Å². The number of benzene rings is 2. The predicted molar refractivity (Wildman–Crippen MR) is 73.3 cm³/mol. The lowest BCUT2D eigenvalue weighted by atomic mass is 10.2. The molecule has 0 radical (unpaired) electrons. The van der Waals surface area contributed by atoms with Gasteiger partial charge in [-0.2, -0.15) is 10.5 Å². The van der Waals surface area contributed by atoms with E-state index in [2.05, 4.69) is 0 Å². The molecule has 0 saturated carbocycles. The van der Waals surface area contributed by atoms with E-state index in [0.717, 1.165) is 0 Å². The Labute approximate surface area is 121 Å². The summed E-state index contributed by atoms with van der Waals surface area (Å²) in [5, 5.41) is 17.8. The number of hydrogen-bond donors (Lipinski definition) is 0. The molecule has 5 heteroatoms. The molecule has 4 nitrogen and oxygen atoms in total. The van der Waals surface area contributed by atoms with Crippen LogP contribution in [0.3, 0.4) is 0 Å². The van der Waals surface area contributed by atoms with Crippen molar-refractivity contribution in [2.24, 2.45) is 0 Å². The van der Waals surface area contributed by atoms with Crippen LogP contribution in [-0.4, -0.2) is 13.2 Å². The number of nitriles is 2. The zero-order chi connectivity index (χ0) is 15.1. The first-order valence-corrected chi connectivity index (χ1v) is 6.19. The average molecular weight is 282 g/mol. The molecule has 0 heterocycles. The maximum atomic E-state index is 13.4. The fraction of sp³-hybridized carbons (Fsp3) is 0.125. The predicted octanol–water partition coefficient (Wildman–Crippen LogP) is 3.03. The molecule has 2 aromatic rings. The summed E-state index contributed by atoms with van der Waals surface area (Å²) < 4.78 is 24.1.